The number of nitrogens with zero attached hydrogens (tertiary/aromatic N) is 1. The maximum Gasteiger partial charge on any atom is 0.253 e. The first-order valence-corrected chi connectivity index (χ1v) is 12.0. The minimum absolute atomic E-state index is 0.0268. The van der Waals surface area contributed by atoms with E-state index in [9.17, 15) is 14.4 Å². The SMILES string of the molecule is COc1cc(OC)cc(C(=O)NC(C(=O)NCc2cccc(C(=O)N3CCCCC3)c2)C(C)C)c1. The van der Waals surface area contributed by atoms with Crippen LogP contribution in [-0.2, 0) is 11.3 Å². The smallest absolute Gasteiger partial charge is 0.253 e. The maximum absolute atomic E-state index is 13.0. The number of hydrogen-bond donors (Lipinski definition) is 2. The molecule has 2 aromatic rings. The summed E-state index contributed by atoms with van der Waals surface area (Å²) in [7, 11) is 3.02. The average molecular weight is 482 g/mol. The molecular weight excluding hydrogens is 446 g/mol. The molecule has 0 radical (unpaired) electrons. The summed E-state index contributed by atoms with van der Waals surface area (Å²) in [4.78, 5) is 40.6. The third-order valence-electron chi connectivity index (χ3n) is 6.13. The summed E-state index contributed by atoms with van der Waals surface area (Å²) in [6.45, 7) is 5.57. The number of methoxy groups -OCH3 is 2. The lowest BCUT2D eigenvalue weighted by Crippen LogP contribution is -2.49. The number of rotatable bonds is 9. The minimum atomic E-state index is -0.738. The normalized spacial score (nSPS) is 14.3. The van der Waals surface area contributed by atoms with Crippen LogP contribution in [0.4, 0.5) is 0 Å². The van der Waals surface area contributed by atoms with Crippen LogP contribution >= 0.6 is 0 Å². The second-order valence-electron chi connectivity index (χ2n) is 9.07. The molecule has 1 fully saturated rings. The number of benzene rings is 2. The lowest BCUT2D eigenvalue weighted by Gasteiger charge is -2.27. The zero-order chi connectivity index (χ0) is 25.4. The van der Waals surface area contributed by atoms with Crippen molar-refractivity contribution in [3.05, 3.63) is 59.2 Å². The van der Waals surface area contributed by atoms with E-state index in [0.717, 1.165) is 37.9 Å². The second kappa shape index (κ2) is 12.2. The van der Waals surface area contributed by atoms with Crippen LogP contribution in [0.2, 0.25) is 0 Å². The van der Waals surface area contributed by atoms with E-state index >= 15 is 0 Å². The van der Waals surface area contributed by atoms with E-state index in [0.29, 0.717) is 22.6 Å². The summed E-state index contributed by atoms with van der Waals surface area (Å²) in [5.41, 5.74) is 1.79. The van der Waals surface area contributed by atoms with Crippen molar-refractivity contribution in [1.82, 2.24) is 15.5 Å². The zero-order valence-corrected chi connectivity index (χ0v) is 20.9. The Bertz CT molecular complexity index is 1020. The van der Waals surface area contributed by atoms with Gasteiger partial charge in [0.1, 0.15) is 17.5 Å². The lowest BCUT2D eigenvalue weighted by molar-refractivity contribution is -0.124. The van der Waals surface area contributed by atoms with Crippen molar-refractivity contribution in [3.63, 3.8) is 0 Å². The van der Waals surface area contributed by atoms with E-state index < -0.39 is 11.9 Å². The Kier molecular flexibility index (Phi) is 9.11. The maximum atomic E-state index is 13.0. The van der Waals surface area contributed by atoms with E-state index in [-0.39, 0.29) is 24.3 Å². The number of carbonyl (C=O) groups excluding carboxylic acids is 3. The van der Waals surface area contributed by atoms with Crippen LogP contribution in [0.15, 0.2) is 42.5 Å². The third-order valence-corrected chi connectivity index (χ3v) is 6.13. The molecule has 2 aromatic carbocycles. The summed E-state index contributed by atoms with van der Waals surface area (Å²) < 4.78 is 10.5. The average Bonchev–Trinajstić information content (AvgIpc) is 2.89. The first-order valence-electron chi connectivity index (χ1n) is 12.0. The van der Waals surface area contributed by atoms with Crippen molar-refractivity contribution in [2.45, 2.75) is 45.7 Å². The van der Waals surface area contributed by atoms with Gasteiger partial charge in [-0.15, -0.1) is 0 Å². The predicted octanol–water partition coefficient (Wildman–Crippen LogP) is 3.40. The van der Waals surface area contributed by atoms with Crippen molar-refractivity contribution in [1.29, 1.82) is 0 Å². The molecule has 188 valence electrons. The van der Waals surface area contributed by atoms with Crippen molar-refractivity contribution in [3.8, 4) is 11.5 Å². The summed E-state index contributed by atoms with van der Waals surface area (Å²) in [6, 6.07) is 11.5. The lowest BCUT2D eigenvalue weighted by atomic mass is 10.0. The topological polar surface area (TPSA) is 97.0 Å². The van der Waals surface area contributed by atoms with Gasteiger partial charge in [-0.25, -0.2) is 0 Å². The molecule has 35 heavy (non-hydrogen) atoms. The van der Waals surface area contributed by atoms with E-state index in [1.54, 1.807) is 18.2 Å². The van der Waals surface area contributed by atoms with Crippen LogP contribution in [0, 0.1) is 5.92 Å². The number of ether oxygens (including phenoxy) is 2. The zero-order valence-electron chi connectivity index (χ0n) is 20.9. The van der Waals surface area contributed by atoms with Crippen molar-refractivity contribution in [2.75, 3.05) is 27.3 Å². The summed E-state index contributed by atoms with van der Waals surface area (Å²) in [5, 5.41) is 5.72. The fourth-order valence-electron chi connectivity index (χ4n) is 4.09. The van der Waals surface area contributed by atoms with Crippen molar-refractivity contribution in [2.24, 2.45) is 5.92 Å². The van der Waals surface area contributed by atoms with Gasteiger partial charge in [-0.3, -0.25) is 14.4 Å². The molecule has 3 amide bonds. The van der Waals surface area contributed by atoms with Crippen LogP contribution in [0.25, 0.3) is 0 Å². The third kappa shape index (κ3) is 6.97. The molecule has 0 aliphatic carbocycles. The molecule has 0 spiro atoms. The van der Waals surface area contributed by atoms with Gasteiger partial charge in [0, 0.05) is 36.8 Å². The van der Waals surface area contributed by atoms with Gasteiger partial charge in [-0.1, -0.05) is 26.0 Å². The fraction of sp³-hybridized carbons (Fsp3) is 0.444. The Morgan fingerprint density at radius 2 is 1.57 bits per heavy atom. The quantitative estimate of drug-likeness (QED) is 0.572. The van der Waals surface area contributed by atoms with Crippen LogP contribution < -0.4 is 20.1 Å². The molecule has 0 aromatic heterocycles. The molecular formula is C27H35N3O5. The molecule has 1 aliphatic rings. The highest BCUT2D eigenvalue weighted by atomic mass is 16.5. The first kappa shape index (κ1) is 26.1. The summed E-state index contributed by atoms with van der Waals surface area (Å²) in [6.07, 6.45) is 3.23. The van der Waals surface area contributed by atoms with Gasteiger partial charge in [0.05, 0.1) is 14.2 Å². The van der Waals surface area contributed by atoms with Crippen molar-refractivity contribution >= 4 is 17.7 Å². The van der Waals surface area contributed by atoms with Gasteiger partial charge in [0.15, 0.2) is 0 Å². The highest BCUT2D eigenvalue weighted by Crippen LogP contribution is 2.23. The Morgan fingerprint density at radius 1 is 0.914 bits per heavy atom. The second-order valence-corrected chi connectivity index (χ2v) is 9.07. The fourth-order valence-corrected chi connectivity index (χ4v) is 4.09. The number of carbonyl (C=O) groups is 3. The van der Waals surface area contributed by atoms with E-state index in [1.807, 2.05) is 43.0 Å². The largest absolute Gasteiger partial charge is 0.497 e. The number of amides is 3. The van der Waals surface area contributed by atoms with Gasteiger partial charge in [-0.2, -0.15) is 0 Å². The van der Waals surface area contributed by atoms with E-state index in [4.69, 9.17) is 9.47 Å². The Morgan fingerprint density at radius 3 is 2.17 bits per heavy atom. The van der Waals surface area contributed by atoms with Gasteiger partial charge in [0.25, 0.3) is 11.8 Å². The molecule has 3 rings (SSSR count). The standard InChI is InChI=1S/C27H35N3O5/c1-18(2)24(29-25(31)21-14-22(34-3)16-23(15-21)35-4)26(32)28-17-19-9-8-10-20(13-19)27(33)30-11-6-5-7-12-30/h8-10,13-16,18,24H,5-7,11-12,17H2,1-4H3,(H,28,32)(H,29,31). The minimum Gasteiger partial charge on any atom is -0.497 e. The Balaban J connectivity index is 1.64. The van der Waals surface area contributed by atoms with Crippen LogP contribution in [0.5, 0.6) is 11.5 Å². The Hall–Kier alpha value is -3.55. The molecule has 8 nitrogen and oxygen atoms in total. The highest BCUT2D eigenvalue weighted by molar-refractivity contribution is 5.98. The molecule has 1 heterocycles. The molecule has 0 bridgehead atoms. The van der Waals surface area contributed by atoms with Crippen LogP contribution in [0.3, 0.4) is 0 Å². The van der Waals surface area contributed by atoms with Gasteiger partial charge < -0.3 is 25.0 Å². The molecule has 0 saturated carbocycles. The van der Waals surface area contributed by atoms with Gasteiger partial charge >= 0.3 is 0 Å². The molecule has 1 saturated heterocycles. The highest BCUT2D eigenvalue weighted by Gasteiger charge is 2.25. The van der Waals surface area contributed by atoms with Crippen LogP contribution in [-0.4, -0.2) is 56.0 Å². The number of hydrogen-bond acceptors (Lipinski definition) is 5. The monoisotopic (exact) mass is 481 g/mol. The van der Waals surface area contributed by atoms with Gasteiger partial charge in [0.2, 0.25) is 5.91 Å². The molecule has 1 aliphatic heterocycles. The summed E-state index contributed by atoms with van der Waals surface area (Å²) >= 11 is 0. The first-order chi connectivity index (χ1) is 16.8. The predicted molar refractivity (Wildman–Crippen MR) is 134 cm³/mol. The number of likely N-dealkylation sites (tertiary alicyclic amines) is 1. The van der Waals surface area contributed by atoms with Gasteiger partial charge in [-0.05, 0) is 55.0 Å². The molecule has 2 N–H and O–H groups in total. The van der Waals surface area contributed by atoms with Crippen molar-refractivity contribution < 1.29 is 23.9 Å². The molecule has 8 heteroatoms. The summed E-state index contributed by atoms with van der Waals surface area (Å²) in [5.74, 6) is 0.164. The Labute approximate surface area is 207 Å². The number of nitrogens with one attached hydrogen (secondary N) is 2. The number of piperidine rings is 1. The van der Waals surface area contributed by atoms with E-state index in [2.05, 4.69) is 10.6 Å². The van der Waals surface area contributed by atoms with E-state index in [1.165, 1.54) is 14.2 Å². The molecule has 1 unspecified atom stereocenters. The molecule has 1 atom stereocenters. The van der Waals surface area contributed by atoms with Crippen LogP contribution in [0.1, 0.15) is 59.4 Å².